The van der Waals surface area contributed by atoms with Crippen LogP contribution in [0.25, 0.3) is 0 Å². The first-order chi connectivity index (χ1) is 2.00. The number of hydrogen-bond acceptors (Lipinski definition) is 0. The molecule has 0 heterocycles. The van der Waals surface area contributed by atoms with Crippen LogP contribution < -0.4 is 0 Å². The summed E-state index contributed by atoms with van der Waals surface area (Å²) in [5, 5.41) is 0. The van der Waals surface area contributed by atoms with Crippen molar-refractivity contribution in [2.75, 3.05) is 0 Å². The second kappa shape index (κ2) is 5.06. The molecule has 7 heavy (non-hydrogen) atoms. The number of rotatable bonds is 0. The Hall–Kier alpha value is 0.913. The molecule has 0 aliphatic heterocycles. The van der Waals surface area contributed by atoms with Gasteiger partial charge < -0.3 is 6.92 Å². The Morgan fingerprint density at radius 3 is 1.14 bits per heavy atom. The zero-order valence-electron chi connectivity index (χ0n) is 5.32. The van der Waals surface area contributed by atoms with Crippen molar-refractivity contribution in [1.82, 2.24) is 0 Å². The molecule has 0 aliphatic carbocycles. The predicted octanol–water partition coefficient (Wildman–Crippen LogP) is 2.29. The summed E-state index contributed by atoms with van der Waals surface area (Å²) in [5.74, 6) is 0. The maximum atomic E-state index is 3.77. The van der Waals surface area contributed by atoms with E-state index in [0.29, 0.717) is 0 Å². The molecule has 0 spiro atoms. The first-order valence-corrected chi connectivity index (χ1v) is 1.85. The molecule has 0 radical (unpaired) electrons. The van der Waals surface area contributed by atoms with Gasteiger partial charge >= 0.3 is 0 Å². The molecule has 0 aromatic heterocycles. The molecular formula is C5H12ClZn-. The van der Waals surface area contributed by atoms with E-state index >= 15 is 0 Å². The SMILES string of the molecule is Cl.[CH2-]C(C)(C)C.[Zn]. The van der Waals surface area contributed by atoms with Crippen LogP contribution in [-0.4, -0.2) is 0 Å². The predicted molar refractivity (Wildman–Crippen MR) is 32.1 cm³/mol. The number of hydrogen-bond donors (Lipinski definition) is 0. The Morgan fingerprint density at radius 2 is 1.14 bits per heavy atom. The fraction of sp³-hybridized carbons (Fsp3) is 0.800. The zero-order valence-corrected chi connectivity index (χ0v) is 9.11. The van der Waals surface area contributed by atoms with Crippen LogP contribution in [-0.2, 0) is 19.5 Å². The van der Waals surface area contributed by atoms with Crippen LogP contribution in [0.1, 0.15) is 20.8 Å². The standard InChI is InChI=1S/C5H11.ClH.Zn/c1-5(2,3)4;;/h1H2,2-4H3;1H;/q-1;;. The van der Waals surface area contributed by atoms with Gasteiger partial charge in [-0.3, -0.25) is 0 Å². The number of halogens is 1. The molecule has 0 bridgehead atoms. The molecule has 2 heteroatoms. The van der Waals surface area contributed by atoms with Crippen molar-refractivity contribution in [1.29, 1.82) is 0 Å². The van der Waals surface area contributed by atoms with E-state index < -0.39 is 0 Å². The Morgan fingerprint density at radius 1 is 1.14 bits per heavy atom. The van der Waals surface area contributed by atoms with Crippen LogP contribution in [0.4, 0.5) is 0 Å². The first-order valence-electron chi connectivity index (χ1n) is 1.85. The van der Waals surface area contributed by atoms with Gasteiger partial charge in [0.05, 0.1) is 0 Å². The fourth-order valence-electron chi connectivity index (χ4n) is 0. The normalized spacial score (nSPS) is 8.57. The van der Waals surface area contributed by atoms with E-state index in [9.17, 15) is 0 Å². The van der Waals surface area contributed by atoms with Gasteiger partial charge in [0.15, 0.2) is 0 Å². The summed E-state index contributed by atoms with van der Waals surface area (Å²) in [7, 11) is 0. The molecule has 0 saturated carbocycles. The van der Waals surface area contributed by atoms with Crippen molar-refractivity contribution in [3.8, 4) is 0 Å². The van der Waals surface area contributed by atoms with E-state index in [1.165, 1.54) is 0 Å². The third-order valence-electron chi connectivity index (χ3n) is 0. The van der Waals surface area contributed by atoms with E-state index in [1.54, 1.807) is 0 Å². The molecule has 0 unspecified atom stereocenters. The molecule has 0 amide bonds. The quantitative estimate of drug-likeness (QED) is 0.389. The van der Waals surface area contributed by atoms with Crippen LogP contribution in [0.15, 0.2) is 0 Å². The van der Waals surface area contributed by atoms with Gasteiger partial charge in [0.2, 0.25) is 0 Å². The van der Waals surface area contributed by atoms with E-state index in [2.05, 4.69) is 27.7 Å². The first kappa shape index (κ1) is 15.7. The van der Waals surface area contributed by atoms with E-state index in [4.69, 9.17) is 0 Å². The van der Waals surface area contributed by atoms with Crippen molar-refractivity contribution < 1.29 is 19.5 Å². The Kier molecular flexibility index (Phi) is 11.3. The maximum absolute atomic E-state index is 3.77. The van der Waals surface area contributed by atoms with Gasteiger partial charge in [0.25, 0.3) is 0 Å². The minimum Gasteiger partial charge on any atom is -0.338 e. The van der Waals surface area contributed by atoms with Gasteiger partial charge in [-0.2, -0.15) is 5.41 Å². The van der Waals surface area contributed by atoms with Crippen molar-refractivity contribution >= 4 is 12.4 Å². The van der Waals surface area contributed by atoms with Crippen LogP contribution in [0.2, 0.25) is 0 Å². The Labute approximate surface area is 65.2 Å². The summed E-state index contributed by atoms with van der Waals surface area (Å²) in [6.45, 7) is 10.0. The molecule has 0 atom stereocenters. The molecule has 0 nitrogen and oxygen atoms in total. The second-order valence-corrected chi connectivity index (χ2v) is 2.56. The van der Waals surface area contributed by atoms with Gasteiger partial charge in [0.1, 0.15) is 0 Å². The van der Waals surface area contributed by atoms with Crippen molar-refractivity contribution in [2.24, 2.45) is 5.41 Å². The van der Waals surface area contributed by atoms with Gasteiger partial charge in [0, 0.05) is 19.5 Å². The molecule has 0 rings (SSSR count). The average Bonchev–Trinajstić information content (AvgIpc) is 0.722. The van der Waals surface area contributed by atoms with E-state index in [0.717, 1.165) is 0 Å². The van der Waals surface area contributed by atoms with Crippen molar-refractivity contribution in [3.05, 3.63) is 6.92 Å². The van der Waals surface area contributed by atoms with Crippen LogP contribution in [0.3, 0.4) is 0 Å². The summed E-state index contributed by atoms with van der Waals surface area (Å²) in [6.07, 6.45) is 0. The molecule has 0 saturated heterocycles. The Bertz CT molecular complexity index is 23.6. The van der Waals surface area contributed by atoms with Crippen molar-refractivity contribution in [3.63, 3.8) is 0 Å². The summed E-state index contributed by atoms with van der Waals surface area (Å²) in [4.78, 5) is 0. The fourth-order valence-corrected chi connectivity index (χ4v) is 0. The minimum absolute atomic E-state index is 0. The monoisotopic (exact) mass is 171 g/mol. The second-order valence-electron chi connectivity index (χ2n) is 2.56. The van der Waals surface area contributed by atoms with E-state index in [1.807, 2.05) is 0 Å². The molecular weight excluding hydrogens is 161 g/mol. The molecule has 0 aliphatic rings. The molecule has 42 valence electrons. The van der Waals surface area contributed by atoms with Gasteiger partial charge in [-0.05, 0) is 0 Å². The zero-order chi connectivity index (χ0) is 4.50. The van der Waals surface area contributed by atoms with Gasteiger partial charge in [-0.25, -0.2) is 0 Å². The summed E-state index contributed by atoms with van der Waals surface area (Å²) >= 11 is 0. The van der Waals surface area contributed by atoms with Crippen LogP contribution in [0.5, 0.6) is 0 Å². The largest absolute Gasteiger partial charge is 0.338 e. The van der Waals surface area contributed by atoms with Crippen LogP contribution >= 0.6 is 12.4 Å². The summed E-state index contributed by atoms with van der Waals surface area (Å²) in [5.41, 5.74) is 0.250. The van der Waals surface area contributed by atoms with E-state index in [-0.39, 0.29) is 37.3 Å². The Balaban J connectivity index is -0.0000000800. The molecule has 0 aromatic rings. The maximum Gasteiger partial charge on any atom is 0 e. The molecule has 0 fully saturated rings. The third kappa shape index (κ3) is 200. The third-order valence-corrected chi connectivity index (χ3v) is 0. The summed E-state index contributed by atoms with van der Waals surface area (Å²) in [6, 6.07) is 0. The van der Waals surface area contributed by atoms with Crippen LogP contribution in [0, 0.1) is 12.3 Å². The van der Waals surface area contributed by atoms with Crippen molar-refractivity contribution in [2.45, 2.75) is 20.8 Å². The summed E-state index contributed by atoms with van der Waals surface area (Å²) < 4.78 is 0. The smallest absolute Gasteiger partial charge is 0 e. The molecule has 0 N–H and O–H groups in total. The topological polar surface area (TPSA) is 0 Å². The average molecular weight is 173 g/mol. The van der Waals surface area contributed by atoms with Gasteiger partial charge in [-0.15, -0.1) is 12.4 Å². The molecule has 0 aromatic carbocycles. The minimum atomic E-state index is 0. The van der Waals surface area contributed by atoms with Gasteiger partial charge in [-0.1, -0.05) is 20.8 Å².